The Bertz CT molecular complexity index is 1050. The van der Waals surface area contributed by atoms with E-state index in [1.807, 2.05) is 12.1 Å². The topological polar surface area (TPSA) is 29.3 Å². The lowest BCUT2D eigenvalue weighted by molar-refractivity contribution is 1.13. The van der Waals surface area contributed by atoms with E-state index in [2.05, 4.69) is 110 Å². The van der Waals surface area contributed by atoms with E-state index in [1.54, 1.807) is 0 Å². The van der Waals surface area contributed by atoms with Gasteiger partial charge in [-0.05, 0) is 41.5 Å². The largest absolute Gasteiger partial charge is 0.398 e. The van der Waals surface area contributed by atoms with Crippen molar-refractivity contribution in [3.8, 4) is 11.1 Å². The summed E-state index contributed by atoms with van der Waals surface area (Å²) in [7, 11) is 3.43. The van der Waals surface area contributed by atoms with E-state index in [1.165, 1.54) is 21.5 Å². The van der Waals surface area contributed by atoms with Crippen molar-refractivity contribution in [3.05, 3.63) is 103 Å². The van der Waals surface area contributed by atoms with Crippen LogP contribution in [0.2, 0.25) is 0 Å². The zero-order valence-electron chi connectivity index (χ0n) is 16.8. The van der Waals surface area contributed by atoms with Crippen LogP contribution in [0.25, 0.3) is 11.1 Å². The molecule has 0 aliphatic rings. The lowest BCUT2D eigenvalue weighted by Gasteiger charge is -2.25. The number of hydrogen-bond acceptors (Lipinski definition) is 2. The van der Waals surface area contributed by atoms with Crippen molar-refractivity contribution >= 4 is 35.2 Å². The predicted molar refractivity (Wildman–Crippen MR) is 129 cm³/mol. The molecule has 0 heterocycles. The van der Waals surface area contributed by atoms with Crippen molar-refractivity contribution in [2.75, 3.05) is 24.7 Å². The maximum atomic E-state index is 6.52. The standard InChI is InChI=1S/C26H25N2P/c1-28(2)24-18-11-17-23(27)26(24)22-16-9-10-19-25(22)29(20-12-5-3-6-13-20)21-14-7-4-8-15-21/h3-19H,27H2,1-2H3. The number of rotatable bonds is 5. The molecular formula is C26H25N2P. The minimum Gasteiger partial charge on any atom is -0.398 e. The normalized spacial score (nSPS) is 10.9. The van der Waals surface area contributed by atoms with Gasteiger partial charge in [0.1, 0.15) is 0 Å². The molecule has 2 nitrogen and oxygen atoms in total. The molecule has 29 heavy (non-hydrogen) atoms. The summed E-state index contributed by atoms with van der Waals surface area (Å²) in [4.78, 5) is 2.13. The Kier molecular flexibility index (Phi) is 5.64. The van der Waals surface area contributed by atoms with Crippen LogP contribution in [0.4, 0.5) is 11.4 Å². The second-order valence-electron chi connectivity index (χ2n) is 7.16. The summed E-state index contributed by atoms with van der Waals surface area (Å²) in [5.41, 5.74) is 10.8. The van der Waals surface area contributed by atoms with Gasteiger partial charge < -0.3 is 10.6 Å². The molecule has 0 saturated heterocycles. The molecule has 0 aliphatic carbocycles. The highest BCUT2D eigenvalue weighted by atomic mass is 31.1. The fraction of sp³-hybridized carbons (Fsp3) is 0.0769. The van der Waals surface area contributed by atoms with Crippen molar-refractivity contribution in [2.24, 2.45) is 0 Å². The van der Waals surface area contributed by atoms with Gasteiger partial charge in [-0.2, -0.15) is 0 Å². The number of nitrogen functional groups attached to an aromatic ring is 1. The van der Waals surface area contributed by atoms with Crippen molar-refractivity contribution in [1.29, 1.82) is 0 Å². The van der Waals surface area contributed by atoms with Gasteiger partial charge in [0.25, 0.3) is 0 Å². The third-order valence-electron chi connectivity index (χ3n) is 5.00. The highest BCUT2D eigenvalue weighted by Gasteiger charge is 2.22. The van der Waals surface area contributed by atoms with E-state index in [-0.39, 0.29) is 0 Å². The van der Waals surface area contributed by atoms with Crippen LogP contribution in [0.5, 0.6) is 0 Å². The van der Waals surface area contributed by atoms with Gasteiger partial charge in [-0.3, -0.25) is 0 Å². The van der Waals surface area contributed by atoms with Gasteiger partial charge in [0.15, 0.2) is 0 Å². The number of nitrogens with two attached hydrogens (primary N) is 1. The van der Waals surface area contributed by atoms with Crippen LogP contribution in [0.1, 0.15) is 0 Å². The SMILES string of the molecule is CN(C)c1cccc(N)c1-c1ccccc1P(c1ccccc1)c1ccccc1. The highest BCUT2D eigenvalue weighted by molar-refractivity contribution is 7.80. The molecule has 3 heteroatoms. The molecule has 0 saturated carbocycles. The Hall–Kier alpha value is -3.09. The van der Waals surface area contributed by atoms with Gasteiger partial charge >= 0.3 is 0 Å². The zero-order chi connectivity index (χ0) is 20.2. The third-order valence-corrected chi connectivity index (χ3v) is 7.50. The van der Waals surface area contributed by atoms with E-state index in [4.69, 9.17) is 5.73 Å². The van der Waals surface area contributed by atoms with Crippen LogP contribution in [-0.4, -0.2) is 14.1 Å². The number of nitrogens with zero attached hydrogens (tertiary/aromatic N) is 1. The van der Waals surface area contributed by atoms with Gasteiger partial charge in [-0.25, -0.2) is 0 Å². The van der Waals surface area contributed by atoms with Crippen molar-refractivity contribution in [2.45, 2.75) is 0 Å². The molecular weight excluding hydrogens is 371 g/mol. The first kappa shape index (κ1) is 19.2. The molecule has 0 atom stereocenters. The van der Waals surface area contributed by atoms with Gasteiger partial charge in [-0.15, -0.1) is 0 Å². The monoisotopic (exact) mass is 396 g/mol. The van der Waals surface area contributed by atoms with Gasteiger partial charge in [0.2, 0.25) is 0 Å². The van der Waals surface area contributed by atoms with E-state index in [0.717, 1.165) is 16.9 Å². The minimum atomic E-state index is -0.709. The van der Waals surface area contributed by atoms with Crippen molar-refractivity contribution in [1.82, 2.24) is 0 Å². The van der Waals surface area contributed by atoms with E-state index in [9.17, 15) is 0 Å². The Morgan fingerprint density at radius 3 is 1.76 bits per heavy atom. The summed E-state index contributed by atoms with van der Waals surface area (Å²) in [5, 5.41) is 3.99. The maximum Gasteiger partial charge on any atom is 0.0461 e. The summed E-state index contributed by atoms with van der Waals surface area (Å²) >= 11 is 0. The number of benzene rings is 4. The highest BCUT2D eigenvalue weighted by Crippen LogP contribution is 2.41. The number of hydrogen-bond donors (Lipinski definition) is 1. The molecule has 144 valence electrons. The van der Waals surface area contributed by atoms with Crippen LogP contribution < -0.4 is 26.5 Å². The Morgan fingerprint density at radius 1 is 0.621 bits per heavy atom. The Balaban J connectivity index is 1.99. The molecule has 0 spiro atoms. The van der Waals surface area contributed by atoms with Gasteiger partial charge in [0.05, 0.1) is 0 Å². The fourth-order valence-electron chi connectivity index (χ4n) is 3.69. The first-order chi connectivity index (χ1) is 14.2. The first-order valence-corrected chi connectivity index (χ1v) is 11.1. The predicted octanol–water partition coefficient (Wildman–Crippen LogP) is 4.76. The molecule has 0 aliphatic heterocycles. The number of anilines is 2. The Labute approximate surface area is 174 Å². The summed E-state index contributed by atoms with van der Waals surface area (Å²) < 4.78 is 0. The molecule has 0 fully saturated rings. The Morgan fingerprint density at radius 2 is 1.17 bits per heavy atom. The quantitative estimate of drug-likeness (QED) is 0.389. The molecule has 4 aromatic rings. The first-order valence-electron chi connectivity index (χ1n) is 9.72. The van der Waals surface area contributed by atoms with E-state index in [0.29, 0.717) is 0 Å². The molecule has 0 bridgehead atoms. The van der Waals surface area contributed by atoms with E-state index < -0.39 is 7.92 Å². The van der Waals surface area contributed by atoms with Crippen LogP contribution >= 0.6 is 7.92 Å². The molecule has 0 aromatic heterocycles. The average molecular weight is 396 g/mol. The lowest BCUT2D eigenvalue weighted by Crippen LogP contribution is -2.22. The van der Waals surface area contributed by atoms with Crippen LogP contribution in [0.15, 0.2) is 103 Å². The molecule has 0 amide bonds. The van der Waals surface area contributed by atoms with Crippen LogP contribution in [-0.2, 0) is 0 Å². The summed E-state index contributed by atoms with van der Waals surface area (Å²) in [5.74, 6) is 0. The minimum absolute atomic E-state index is 0.709. The lowest BCUT2D eigenvalue weighted by atomic mass is 10.0. The van der Waals surface area contributed by atoms with Crippen LogP contribution in [0.3, 0.4) is 0 Å². The maximum absolute atomic E-state index is 6.52. The smallest absolute Gasteiger partial charge is 0.0461 e. The molecule has 4 aromatic carbocycles. The summed E-state index contributed by atoms with van der Waals surface area (Å²) in [6, 6.07) is 36.4. The second kappa shape index (κ2) is 8.51. The summed E-state index contributed by atoms with van der Waals surface area (Å²) in [6.07, 6.45) is 0. The molecule has 4 rings (SSSR count). The van der Waals surface area contributed by atoms with Gasteiger partial charge in [-0.1, -0.05) is 91.0 Å². The molecule has 2 N–H and O–H groups in total. The molecule has 0 radical (unpaired) electrons. The summed E-state index contributed by atoms with van der Waals surface area (Å²) in [6.45, 7) is 0. The zero-order valence-corrected chi connectivity index (χ0v) is 17.7. The van der Waals surface area contributed by atoms with Crippen molar-refractivity contribution < 1.29 is 0 Å². The third kappa shape index (κ3) is 3.90. The molecule has 0 unspecified atom stereocenters. The van der Waals surface area contributed by atoms with Gasteiger partial charge in [0, 0.05) is 31.0 Å². The fourth-order valence-corrected chi connectivity index (χ4v) is 6.14. The average Bonchev–Trinajstić information content (AvgIpc) is 2.76. The van der Waals surface area contributed by atoms with Crippen molar-refractivity contribution in [3.63, 3.8) is 0 Å². The second-order valence-corrected chi connectivity index (χ2v) is 9.34. The van der Waals surface area contributed by atoms with Crippen LogP contribution in [0, 0.1) is 0 Å². The van der Waals surface area contributed by atoms with E-state index >= 15 is 0 Å².